The summed E-state index contributed by atoms with van der Waals surface area (Å²) < 4.78 is 0. The van der Waals surface area contributed by atoms with E-state index in [9.17, 15) is 4.79 Å². The molecule has 4 heterocycles. The molecular weight excluding hydrogens is 412 g/mol. The van der Waals surface area contributed by atoms with Crippen LogP contribution >= 0.6 is 0 Å². The van der Waals surface area contributed by atoms with Crippen molar-refractivity contribution < 1.29 is 4.79 Å². The average Bonchev–Trinajstić information content (AvgIpc) is 3.64. The lowest BCUT2D eigenvalue weighted by Gasteiger charge is -2.13. The topological polar surface area (TPSA) is 97.6 Å². The summed E-state index contributed by atoms with van der Waals surface area (Å²) in [6, 6.07) is 8.54. The Labute approximate surface area is 193 Å². The maximum atomic E-state index is 12.4. The number of amides is 1. The molecule has 1 aliphatic carbocycles. The number of nitrogens with one attached hydrogen (secondary N) is 5. The quantitative estimate of drug-likeness (QED) is 0.408. The predicted octanol–water partition coefficient (Wildman–Crippen LogP) is 4.27. The van der Waals surface area contributed by atoms with E-state index in [1.54, 1.807) is 0 Å². The maximum Gasteiger partial charge on any atom is 0.241 e. The SMILES string of the molecule is O=C(Nc1ccc2[nH]c(C3=CC=C(c4cnc([C@@H]5CCCN5)[nH]4)CC3)cc2c1)[C@@H]1CCCN1. The van der Waals surface area contributed by atoms with Gasteiger partial charge in [-0.25, -0.2) is 4.98 Å². The zero-order chi connectivity index (χ0) is 22.2. The third-order valence-electron chi connectivity index (χ3n) is 7.09. The summed E-state index contributed by atoms with van der Waals surface area (Å²) in [5, 5.41) is 10.9. The predicted molar refractivity (Wildman–Crippen MR) is 132 cm³/mol. The fraction of sp³-hybridized carbons (Fsp3) is 0.385. The van der Waals surface area contributed by atoms with Gasteiger partial charge in [0.25, 0.3) is 0 Å². The molecule has 0 radical (unpaired) electrons. The largest absolute Gasteiger partial charge is 0.355 e. The van der Waals surface area contributed by atoms with Crippen molar-refractivity contribution in [2.24, 2.45) is 0 Å². The van der Waals surface area contributed by atoms with Crippen LogP contribution in [-0.4, -0.2) is 40.0 Å². The average molecular weight is 443 g/mol. The Morgan fingerprint density at radius 1 is 0.939 bits per heavy atom. The second-order valence-electron chi connectivity index (χ2n) is 9.34. The molecule has 1 amide bonds. The Balaban J connectivity index is 1.18. The van der Waals surface area contributed by atoms with Gasteiger partial charge in [0, 0.05) is 22.3 Å². The highest BCUT2D eigenvalue weighted by Crippen LogP contribution is 2.33. The molecule has 3 aliphatic rings. The Kier molecular flexibility index (Phi) is 5.36. The molecule has 3 aromatic rings. The first kappa shape index (κ1) is 20.4. The van der Waals surface area contributed by atoms with E-state index in [2.05, 4.69) is 55.2 Å². The second kappa shape index (κ2) is 8.65. The number of anilines is 1. The number of fused-ring (bicyclic) bond motifs is 1. The summed E-state index contributed by atoms with van der Waals surface area (Å²) >= 11 is 0. The first-order valence-corrected chi connectivity index (χ1v) is 12.1. The molecule has 2 atom stereocenters. The molecule has 2 saturated heterocycles. The maximum absolute atomic E-state index is 12.4. The number of nitrogens with zero attached hydrogens (tertiary/aromatic N) is 1. The van der Waals surface area contributed by atoms with E-state index in [4.69, 9.17) is 0 Å². The molecule has 7 nitrogen and oxygen atoms in total. The molecule has 2 fully saturated rings. The summed E-state index contributed by atoms with van der Waals surface area (Å²) in [4.78, 5) is 24.1. The van der Waals surface area contributed by atoms with Crippen LogP contribution in [-0.2, 0) is 4.79 Å². The molecule has 5 N–H and O–H groups in total. The Bertz CT molecular complexity index is 1240. The van der Waals surface area contributed by atoms with Crippen molar-refractivity contribution in [1.29, 1.82) is 0 Å². The molecule has 0 unspecified atom stereocenters. The second-order valence-corrected chi connectivity index (χ2v) is 9.34. The standard InChI is InChI=1S/C26H30N6O/c33-26(22-4-2-12-28-22)30-19-9-10-20-18(13-19)14-23(31-20)16-5-7-17(8-6-16)24-15-29-25(32-24)21-3-1-11-27-21/h5,7,9-10,13-15,21-22,27-28,31H,1-4,6,8,11-12H2,(H,29,32)(H,30,33)/t21-,22-/m0/s1. The minimum atomic E-state index is -0.0729. The Morgan fingerprint density at radius 3 is 2.52 bits per heavy atom. The van der Waals surface area contributed by atoms with E-state index in [1.165, 1.54) is 17.6 Å². The van der Waals surface area contributed by atoms with Gasteiger partial charge < -0.3 is 25.9 Å². The summed E-state index contributed by atoms with van der Waals surface area (Å²) in [6.07, 6.45) is 12.7. The van der Waals surface area contributed by atoms with Crippen LogP contribution in [0.15, 0.2) is 42.6 Å². The lowest BCUT2D eigenvalue weighted by molar-refractivity contribution is -0.117. The van der Waals surface area contributed by atoms with Crippen molar-refractivity contribution in [3.8, 4) is 0 Å². The van der Waals surface area contributed by atoms with E-state index in [0.29, 0.717) is 6.04 Å². The first-order valence-electron chi connectivity index (χ1n) is 12.1. The molecule has 2 aromatic heterocycles. The Hall–Kier alpha value is -3.16. The minimum Gasteiger partial charge on any atom is -0.355 e. The number of aromatic amines is 2. The normalized spacial score (nSPS) is 23.0. The molecule has 1 aromatic carbocycles. The summed E-state index contributed by atoms with van der Waals surface area (Å²) in [6.45, 7) is 1.99. The van der Waals surface area contributed by atoms with Crippen molar-refractivity contribution in [2.75, 3.05) is 18.4 Å². The molecule has 0 bridgehead atoms. The van der Waals surface area contributed by atoms with Gasteiger partial charge in [0.2, 0.25) is 5.91 Å². The number of imidazole rings is 1. The van der Waals surface area contributed by atoms with E-state index in [-0.39, 0.29) is 11.9 Å². The fourth-order valence-corrected chi connectivity index (χ4v) is 5.20. The van der Waals surface area contributed by atoms with Crippen molar-refractivity contribution >= 4 is 33.6 Å². The van der Waals surface area contributed by atoms with Crippen molar-refractivity contribution in [2.45, 2.75) is 50.6 Å². The summed E-state index contributed by atoms with van der Waals surface area (Å²) in [5.74, 6) is 1.11. The highest BCUT2D eigenvalue weighted by molar-refractivity contribution is 5.97. The molecule has 2 aliphatic heterocycles. The van der Waals surface area contributed by atoms with E-state index in [0.717, 1.165) is 79.0 Å². The van der Waals surface area contributed by atoms with Crippen LogP contribution in [0.3, 0.4) is 0 Å². The van der Waals surface area contributed by atoms with E-state index in [1.807, 2.05) is 18.3 Å². The molecular formula is C26H30N6O. The summed E-state index contributed by atoms with van der Waals surface area (Å²) in [7, 11) is 0. The highest BCUT2D eigenvalue weighted by Gasteiger charge is 2.22. The number of H-pyrrole nitrogens is 2. The highest BCUT2D eigenvalue weighted by atomic mass is 16.2. The van der Waals surface area contributed by atoms with Crippen LogP contribution < -0.4 is 16.0 Å². The molecule has 7 heteroatoms. The van der Waals surface area contributed by atoms with Gasteiger partial charge in [0.15, 0.2) is 0 Å². The van der Waals surface area contributed by atoms with Crippen LogP contribution in [0.1, 0.15) is 61.8 Å². The van der Waals surface area contributed by atoms with Gasteiger partial charge in [-0.15, -0.1) is 0 Å². The third-order valence-corrected chi connectivity index (χ3v) is 7.09. The van der Waals surface area contributed by atoms with Crippen LogP contribution in [0.25, 0.3) is 22.0 Å². The van der Waals surface area contributed by atoms with Crippen LogP contribution in [0.4, 0.5) is 5.69 Å². The monoisotopic (exact) mass is 442 g/mol. The van der Waals surface area contributed by atoms with Gasteiger partial charge in [-0.2, -0.15) is 0 Å². The number of hydrogen-bond acceptors (Lipinski definition) is 4. The van der Waals surface area contributed by atoms with Gasteiger partial charge >= 0.3 is 0 Å². The van der Waals surface area contributed by atoms with Crippen LogP contribution in [0.2, 0.25) is 0 Å². The lowest BCUT2D eigenvalue weighted by atomic mass is 9.95. The fourth-order valence-electron chi connectivity index (χ4n) is 5.20. The smallest absolute Gasteiger partial charge is 0.241 e. The zero-order valence-electron chi connectivity index (χ0n) is 18.7. The molecule has 33 heavy (non-hydrogen) atoms. The van der Waals surface area contributed by atoms with Gasteiger partial charge in [0.05, 0.1) is 24.0 Å². The Morgan fingerprint density at radius 2 is 1.76 bits per heavy atom. The van der Waals surface area contributed by atoms with Crippen LogP contribution in [0.5, 0.6) is 0 Å². The first-order chi connectivity index (χ1) is 16.2. The van der Waals surface area contributed by atoms with Crippen molar-refractivity contribution in [3.05, 3.63) is 59.8 Å². The molecule has 6 rings (SSSR count). The molecule has 0 saturated carbocycles. The molecule has 0 spiro atoms. The number of aromatic nitrogens is 3. The number of benzene rings is 1. The van der Waals surface area contributed by atoms with Crippen LogP contribution in [0, 0.1) is 0 Å². The molecule has 170 valence electrons. The van der Waals surface area contributed by atoms with E-state index >= 15 is 0 Å². The number of hydrogen-bond donors (Lipinski definition) is 5. The van der Waals surface area contributed by atoms with Gasteiger partial charge in [0.1, 0.15) is 5.82 Å². The number of rotatable bonds is 5. The van der Waals surface area contributed by atoms with Gasteiger partial charge in [-0.1, -0.05) is 12.2 Å². The number of carbonyl (C=O) groups is 1. The number of allylic oxidation sites excluding steroid dienone is 4. The lowest BCUT2D eigenvalue weighted by Crippen LogP contribution is -2.35. The van der Waals surface area contributed by atoms with Gasteiger partial charge in [-0.3, -0.25) is 4.79 Å². The number of carbonyl (C=O) groups excluding carboxylic acids is 1. The third kappa shape index (κ3) is 4.14. The minimum absolute atomic E-state index is 0.0564. The van der Waals surface area contributed by atoms with Crippen molar-refractivity contribution in [3.63, 3.8) is 0 Å². The summed E-state index contributed by atoms with van der Waals surface area (Å²) in [5.41, 5.74) is 6.80. The zero-order valence-corrected chi connectivity index (χ0v) is 18.7. The van der Waals surface area contributed by atoms with Crippen molar-refractivity contribution in [1.82, 2.24) is 25.6 Å². The van der Waals surface area contributed by atoms with Gasteiger partial charge in [-0.05, 0) is 87.0 Å². The van der Waals surface area contributed by atoms with E-state index < -0.39 is 0 Å².